The normalized spacial score (nSPS) is 13.7. The van der Waals surface area contributed by atoms with Crippen LogP contribution in [0.3, 0.4) is 0 Å². The van der Waals surface area contributed by atoms with Crippen molar-refractivity contribution in [2.45, 2.75) is 32.4 Å². The molecule has 2 atom stereocenters. The maximum Gasteiger partial charge on any atom is 0.123 e. The van der Waals surface area contributed by atoms with E-state index in [1.165, 1.54) is 11.6 Å². The lowest BCUT2D eigenvalue weighted by molar-refractivity contribution is 0.413. The van der Waals surface area contributed by atoms with Crippen LogP contribution in [-0.2, 0) is 0 Å². The molecule has 0 saturated carbocycles. The highest BCUT2D eigenvalue weighted by Crippen LogP contribution is 2.24. The molecule has 112 valence electrons. The third kappa shape index (κ3) is 4.05. The number of methoxy groups -OCH3 is 1. The quantitative estimate of drug-likeness (QED) is 0.836. The van der Waals surface area contributed by atoms with Crippen LogP contribution in [0.5, 0.6) is 5.75 Å². The maximum absolute atomic E-state index is 13.3. The molecule has 2 rings (SSSR count). The molecule has 0 saturated heterocycles. The van der Waals surface area contributed by atoms with Gasteiger partial charge in [-0.05, 0) is 48.7 Å². The van der Waals surface area contributed by atoms with E-state index in [0.717, 1.165) is 17.7 Å². The second-order valence-corrected chi connectivity index (χ2v) is 5.18. The molecule has 0 aliphatic rings. The van der Waals surface area contributed by atoms with Crippen molar-refractivity contribution in [1.82, 2.24) is 5.32 Å². The number of hydrogen-bond acceptors (Lipinski definition) is 2. The van der Waals surface area contributed by atoms with Crippen molar-refractivity contribution in [3.05, 3.63) is 65.5 Å². The second-order valence-electron chi connectivity index (χ2n) is 5.18. The number of nitrogens with one attached hydrogen (secondary N) is 1. The van der Waals surface area contributed by atoms with Gasteiger partial charge >= 0.3 is 0 Å². The first-order chi connectivity index (χ1) is 10.1. The highest BCUT2D eigenvalue weighted by molar-refractivity contribution is 5.29. The van der Waals surface area contributed by atoms with Gasteiger partial charge in [0.25, 0.3) is 0 Å². The summed E-state index contributed by atoms with van der Waals surface area (Å²) in [7, 11) is 1.66. The van der Waals surface area contributed by atoms with Crippen LogP contribution in [0.25, 0.3) is 0 Å². The van der Waals surface area contributed by atoms with E-state index in [-0.39, 0.29) is 17.9 Å². The van der Waals surface area contributed by atoms with Crippen molar-refractivity contribution >= 4 is 0 Å². The van der Waals surface area contributed by atoms with Gasteiger partial charge in [-0.1, -0.05) is 31.2 Å². The summed E-state index contributed by atoms with van der Waals surface area (Å²) in [5.41, 5.74) is 2.17. The van der Waals surface area contributed by atoms with Gasteiger partial charge in [0, 0.05) is 12.1 Å². The molecule has 1 N–H and O–H groups in total. The molecule has 2 aromatic rings. The lowest BCUT2D eigenvalue weighted by Gasteiger charge is -2.23. The molecule has 0 bridgehead atoms. The van der Waals surface area contributed by atoms with Crippen LogP contribution in [0.4, 0.5) is 4.39 Å². The molecule has 21 heavy (non-hydrogen) atoms. The maximum atomic E-state index is 13.3. The molecule has 0 fully saturated rings. The number of halogens is 1. The van der Waals surface area contributed by atoms with Gasteiger partial charge in [-0.15, -0.1) is 0 Å². The third-order valence-electron chi connectivity index (χ3n) is 3.73. The zero-order valence-electron chi connectivity index (χ0n) is 12.8. The fraction of sp³-hybridized carbons (Fsp3) is 0.333. The minimum absolute atomic E-state index is 0.0905. The number of hydrogen-bond donors (Lipinski definition) is 1. The average Bonchev–Trinajstić information content (AvgIpc) is 2.52. The molecule has 0 aliphatic carbocycles. The molecule has 1 unspecified atom stereocenters. The zero-order valence-corrected chi connectivity index (χ0v) is 12.8. The SMILES string of the molecule is CCC(N[C@H](C)c1cccc(F)c1)c1ccc(OC)cc1. The van der Waals surface area contributed by atoms with E-state index in [2.05, 4.69) is 31.3 Å². The van der Waals surface area contributed by atoms with E-state index < -0.39 is 0 Å². The summed E-state index contributed by atoms with van der Waals surface area (Å²) in [5, 5.41) is 3.56. The first kappa shape index (κ1) is 15.5. The first-order valence-corrected chi connectivity index (χ1v) is 7.29. The lowest BCUT2D eigenvalue weighted by atomic mass is 10.0. The summed E-state index contributed by atoms with van der Waals surface area (Å²) in [5.74, 6) is 0.658. The molecule has 0 aromatic heterocycles. The van der Waals surface area contributed by atoms with E-state index in [1.807, 2.05) is 18.2 Å². The molecule has 0 spiro atoms. The molecule has 0 radical (unpaired) electrons. The molecule has 0 aliphatic heterocycles. The second kappa shape index (κ2) is 7.23. The fourth-order valence-electron chi connectivity index (χ4n) is 2.46. The highest BCUT2D eigenvalue weighted by Gasteiger charge is 2.14. The van der Waals surface area contributed by atoms with E-state index >= 15 is 0 Å². The molecule has 0 amide bonds. The van der Waals surface area contributed by atoms with Gasteiger partial charge in [0.2, 0.25) is 0 Å². The van der Waals surface area contributed by atoms with Gasteiger partial charge in [0.05, 0.1) is 7.11 Å². The average molecular weight is 287 g/mol. The summed E-state index contributed by atoms with van der Waals surface area (Å²) < 4.78 is 18.5. The fourth-order valence-corrected chi connectivity index (χ4v) is 2.46. The summed E-state index contributed by atoms with van der Waals surface area (Å²) in [6, 6.07) is 15.1. The summed E-state index contributed by atoms with van der Waals surface area (Å²) in [4.78, 5) is 0. The monoisotopic (exact) mass is 287 g/mol. The Morgan fingerprint density at radius 2 is 1.81 bits per heavy atom. The number of rotatable bonds is 6. The van der Waals surface area contributed by atoms with Crippen molar-refractivity contribution in [1.29, 1.82) is 0 Å². The Labute approximate surface area is 126 Å². The Kier molecular flexibility index (Phi) is 5.34. The Morgan fingerprint density at radius 1 is 1.10 bits per heavy atom. The standard InChI is InChI=1S/C18H22FNO/c1-4-18(14-8-10-17(21-3)11-9-14)20-13(2)15-6-5-7-16(19)12-15/h5-13,18,20H,4H2,1-3H3/t13-,18?/m1/s1. The Bertz CT molecular complexity index is 568. The molecular formula is C18H22FNO. The van der Waals surface area contributed by atoms with Gasteiger partial charge in [0.1, 0.15) is 11.6 Å². The lowest BCUT2D eigenvalue weighted by Crippen LogP contribution is -2.24. The summed E-state index contributed by atoms with van der Waals surface area (Å²) in [6.45, 7) is 4.20. The van der Waals surface area contributed by atoms with Crippen LogP contribution in [0, 0.1) is 5.82 Å². The van der Waals surface area contributed by atoms with Crippen molar-refractivity contribution in [3.63, 3.8) is 0 Å². The number of ether oxygens (including phenoxy) is 1. The van der Waals surface area contributed by atoms with E-state index in [4.69, 9.17) is 4.74 Å². The zero-order chi connectivity index (χ0) is 15.2. The smallest absolute Gasteiger partial charge is 0.123 e. The third-order valence-corrected chi connectivity index (χ3v) is 3.73. The van der Waals surface area contributed by atoms with Crippen molar-refractivity contribution in [2.75, 3.05) is 7.11 Å². The largest absolute Gasteiger partial charge is 0.497 e. The van der Waals surface area contributed by atoms with Crippen LogP contribution >= 0.6 is 0 Å². The first-order valence-electron chi connectivity index (χ1n) is 7.29. The predicted molar refractivity (Wildman–Crippen MR) is 84.0 cm³/mol. The van der Waals surface area contributed by atoms with Crippen LogP contribution in [0.15, 0.2) is 48.5 Å². The van der Waals surface area contributed by atoms with Crippen LogP contribution in [-0.4, -0.2) is 7.11 Å². The van der Waals surface area contributed by atoms with Gasteiger partial charge in [-0.25, -0.2) is 4.39 Å². The molecule has 3 heteroatoms. The highest BCUT2D eigenvalue weighted by atomic mass is 19.1. The summed E-state index contributed by atoms with van der Waals surface area (Å²) >= 11 is 0. The Hall–Kier alpha value is -1.87. The topological polar surface area (TPSA) is 21.3 Å². The molecule has 0 heterocycles. The molecule has 2 aromatic carbocycles. The summed E-state index contributed by atoms with van der Waals surface area (Å²) in [6.07, 6.45) is 0.964. The van der Waals surface area contributed by atoms with Crippen LogP contribution < -0.4 is 10.1 Å². The van der Waals surface area contributed by atoms with Gasteiger partial charge < -0.3 is 10.1 Å². The van der Waals surface area contributed by atoms with Crippen molar-refractivity contribution in [2.24, 2.45) is 0 Å². The molecular weight excluding hydrogens is 265 g/mol. The number of benzene rings is 2. The Balaban J connectivity index is 2.10. The van der Waals surface area contributed by atoms with E-state index in [9.17, 15) is 4.39 Å². The van der Waals surface area contributed by atoms with E-state index in [0.29, 0.717) is 0 Å². The van der Waals surface area contributed by atoms with Gasteiger partial charge in [-0.3, -0.25) is 0 Å². The molecule has 2 nitrogen and oxygen atoms in total. The predicted octanol–water partition coefficient (Wildman–Crippen LogP) is 4.64. The van der Waals surface area contributed by atoms with Gasteiger partial charge in [0.15, 0.2) is 0 Å². The van der Waals surface area contributed by atoms with Crippen molar-refractivity contribution < 1.29 is 9.13 Å². The minimum atomic E-state index is -0.196. The van der Waals surface area contributed by atoms with Crippen LogP contribution in [0.1, 0.15) is 43.5 Å². The van der Waals surface area contributed by atoms with E-state index in [1.54, 1.807) is 19.2 Å². The Morgan fingerprint density at radius 3 is 2.38 bits per heavy atom. The van der Waals surface area contributed by atoms with Crippen LogP contribution in [0.2, 0.25) is 0 Å². The minimum Gasteiger partial charge on any atom is -0.497 e. The van der Waals surface area contributed by atoms with Gasteiger partial charge in [-0.2, -0.15) is 0 Å². The van der Waals surface area contributed by atoms with Crippen molar-refractivity contribution in [3.8, 4) is 5.75 Å².